The van der Waals surface area contributed by atoms with Crippen molar-refractivity contribution in [1.29, 1.82) is 0 Å². The molecule has 0 unspecified atom stereocenters. The summed E-state index contributed by atoms with van der Waals surface area (Å²) in [7, 11) is 4.12. The number of hydrogen-bond acceptors (Lipinski definition) is 3. The predicted octanol–water partition coefficient (Wildman–Crippen LogP) is 4.80. The second kappa shape index (κ2) is 7.91. The highest BCUT2D eigenvalue weighted by molar-refractivity contribution is 7.99. The molecule has 1 heterocycles. The van der Waals surface area contributed by atoms with Crippen LogP contribution in [0.5, 0.6) is 5.75 Å². The van der Waals surface area contributed by atoms with Gasteiger partial charge in [0.15, 0.2) is 0 Å². The zero-order valence-electron chi connectivity index (χ0n) is 13.5. The largest absolute Gasteiger partial charge is 0.507 e. The van der Waals surface area contributed by atoms with Crippen LogP contribution in [0.4, 0.5) is 0 Å². The number of rotatable bonds is 3. The number of aromatic hydroxyl groups is 1. The van der Waals surface area contributed by atoms with E-state index in [9.17, 15) is 5.11 Å². The second-order valence-electron chi connectivity index (χ2n) is 5.84. The van der Waals surface area contributed by atoms with Crippen LogP contribution in [-0.4, -0.2) is 29.9 Å². The minimum absolute atomic E-state index is 0. The molecule has 122 valence electrons. The summed E-state index contributed by atoms with van der Waals surface area (Å²) >= 11 is 1.89. The lowest BCUT2D eigenvalue weighted by Crippen LogP contribution is -2.10. The third-order valence-corrected chi connectivity index (χ3v) is 4.86. The molecule has 0 bridgehead atoms. The summed E-state index contributed by atoms with van der Waals surface area (Å²) < 4.78 is 0. The van der Waals surface area contributed by atoms with Crippen LogP contribution in [0.2, 0.25) is 0 Å². The number of nitrogens with zero attached hydrogens (tertiary/aromatic N) is 1. The van der Waals surface area contributed by atoms with Crippen molar-refractivity contribution in [3.8, 4) is 5.75 Å². The smallest absolute Gasteiger partial charge is 0.123 e. The minimum Gasteiger partial charge on any atom is -0.507 e. The van der Waals surface area contributed by atoms with Crippen molar-refractivity contribution >= 4 is 29.7 Å². The van der Waals surface area contributed by atoms with Crippen LogP contribution in [0.1, 0.15) is 23.1 Å². The van der Waals surface area contributed by atoms with Crippen molar-refractivity contribution in [3.63, 3.8) is 0 Å². The Morgan fingerprint density at radius 2 is 1.87 bits per heavy atom. The molecule has 1 aliphatic heterocycles. The Labute approximate surface area is 148 Å². The van der Waals surface area contributed by atoms with Crippen LogP contribution in [0.25, 0.3) is 5.57 Å². The maximum absolute atomic E-state index is 10.4. The first kappa shape index (κ1) is 17.9. The third-order valence-electron chi connectivity index (χ3n) is 3.75. The van der Waals surface area contributed by atoms with Gasteiger partial charge in [-0.1, -0.05) is 30.3 Å². The lowest BCUT2D eigenvalue weighted by molar-refractivity contribution is 0.402. The summed E-state index contributed by atoms with van der Waals surface area (Å²) in [6, 6.07) is 14.4. The van der Waals surface area contributed by atoms with E-state index in [1.807, 2.05) is 23.9 Å². The summed E-state index contributed by atoms with van der Waals surface area (Å²) in [5.41, 5.74) is 4.53. The first-order chi connectivity index (χ1) is 10.6. The highest BCUT2D eigenvalue weighted by atomic mass is 35.5. The fraction of sp³-hybridized carbons (Fsp3) is 0.263. The standard InChI is InChI=1S/C19H21NOS.ClH/c1-20(2)13-14-9-10-18(21)17(12-14)15-7-5-11-22-19-8-4-3-6-16(15)19;/h3-4,6-10,12,21H,5,11,13H2,1-2H3;1H. The van der Waals surface area contributed by atoms with Crippen molar-refractivity contribution in [1.82, 2.24) is 4.90 Å². The molecular weight excluding hydrogens is 326 g/mol. The zero-order chi connectivity index (χ0) is 15.5. The summed E-state index contributed by atoms with van der Waals surface area (Å²) in [6.45, 7) is 0.872. The van der Waals surface area contributed by atoms with E-state index in [0.29, 0.717) is 5.75 Å². The average molecular weight is 348 g/mol. The summed E-state index contributed by atoms with van der Waals surface area (Å²) in [5, 5.41) is 10.4. The van der Waals surface area contributed by atoms with Gasteiger partial charge in [-0.05, 0) is 55.4 Å². The fourth-order valence-corrected chi connectivity index (χ4v) is 3.78. The van der Waals surface area contributed by atoms with Crippen molar-refractivity contribution < 1.29 is 5.11 Å². The predicted molar refractivity (Wildman–Crippen MR) is 102 cm³/mol. The molecule has 3 rings (SSSR count). The minimum atomic E-state index is 0. The number of fused-ring (bicyclic) bond motifs is 1. The highest BCUT2D eigenvalue weighted by Crippen LogP contribution is 2.39. The molecule has 4 heteroatoms. The van der Waals surface area contributed by atoms with Gasteiger partial charge in [0.2, 0.25) is 0 Å². The quantitative estimate of drug-likeness (QED) is 0.862. The van der Waals surface area contributed by atoms with Crippen molar-refractivity contribution in [2.75, 3.05) is 19.8 Å². The molecule has 2 aromatic carbocycles. The van der Waals surface area contributed by atoms with Crippen LogP contribution in [0, 0.1) is 0 Å². The SMILES string of the molecule is CN(C)Cc1ccc(O)c(C2=CCCSc3ccccc32)c1.Cl. The van der Waals surface area contributed by atoms with E-state index in [0.717, 1.165) is 29.9 Å². The first-order valence-corrected chi connectivity index (χ1v) is 8.53. The molecule has 0 amide bonds. The van der Waals surface area contributed by atoms with E-state index in [-0.39, 0.29) is 12.4 Å². The van der Waals surface area contributed by atoms with E-state index in [1.54, 1.807) is 0 Å². The average Bonchev–Trinajstić information content (AvgIpc) is 2.71. The number of allylic oxidation sites excluding steroid dienone is 1. The number of phenols is 1. The Morgan fingerprint density at radius 3 is 2.65 bits per heavy atom. The molecule has 0 spiro atoms. The van der Waals surface area contributed by atoms with E-state index >= 15 is 0 Å². The molecule has 2 nitrogen and oxygen atoms in total. The van der Waals surface area contributed by atoms with Crippen molar-refractivity contribution in [3.05, 3.63) is 65.2 Å². The summed E-state index contributed by atoms with van der Waals surface area (Å²) in [6.07, 6.45) is 3.28. The van der Waals surface area contributed by atoms with Crippen molar-refractivity contribution in [2.24, 2.45) is 0 Å². The molecule has 1 N–H and O–H groups in total. The molecule has 0 aliphatic carbocycles. The molecule has 0 atom stereocenters. The Hall–Kier alpha value is -1.42. The maximum atomic E-state index is 10.4. The zero-order valence-corrected chi connectivity index (χ0v) is 15.1. The van der Waals surface area contributed by atoms with Gasteiger partial charge in [0.1, 0.15) is 5.75 Å². The molecule has 0 saturated carbocycles. The number of hydrogen-bond donors (Lipinski definition) is 1. The van der Waals surface area contributed by atoms with Gasteiger partial charge >= 0.3 is 0 Å². The summed E-state index contributed by atoms with van der Waals surface area (Å²) in [4.78, 5) is 3.44. The lowest BCUT2D eigenvalue weighted by atomic mass is 9.94. The monoisotopic (exact) mass is 347 g/mol. The Kier molecular flexibility index (Phi) is 6.17. The molecular formula is C19H22ClNOS. The van der Waals surface area contributed by atoms with Crippen molar-refractivity contribution in [2.45, 2.75) is 17.9 Å². The van der Waals surface area contributed by atoms with Gasteiger partial charge in [0.25, 0.3) is 0 Å². The van der Waals surface area contributed by atoms with Crippen LogP contribution in [0.3, 0.4) is 0 Å². The Morgan fingerprint density at radius 1 is 1.09 bits per heavy atom. The first-order valence-electron chi connectivity index (χ1n) is 7.54. The van der Waals surface area contributed by atoms with Crippen LogP contribution in [0.15, 0.2) is 53.4 Å². The van der Waals surface area contributed by atoms with E-state index in [2.05, 4.69) is 55.4 Å². The second-order valence-corrected chi connectivity index (χ2v) is 6.98. The van der Waals surface area contributed by atoms with Gasteiger partial charge in [-0.15, -0.1) is 24.2 Å². The Bertz CT molecular complexity index is 712. The third kappa shape index (κ3) is 4.11. The van der Waals surface area contributed by atoms with E-state index in [1.165, 1.54) is 16.0 Å². The molecule has 23 heavy (non-hydrogen) atoms. The van der Waals surface area contributed by atoms with Gasteiger partial charge < -0.3 is 10.0 Å². The van der Waals surface area contributed by atoms with Crippen LogP contribution >= 0.6 is 24.2 Å². The normalized spacial score (nSPS) is 13.8. The van der Waals surface area contributed by atoms with Gasteiger partial charge in [-0.2, -0.15) is 0 Å². The number of phenolic OH excluding ortho intramolecular Hbond substituents is 1. The number of halogens is 1. The van der Waals surface area contributed by atoms with Gasteiger partial charge in [-0.3, -0.25) is 0 Å². The Balaban J connectivity index is 0.00000192. The van der Waals surface area contributed by atoms with Gasteiger partial charge in [0, 0.05) is 22.8 Å². The van der Waals surface area contributed by atoms with Crippen LogP contribution < -0.4 is 0 Å². The van der Waals surface area contributed by atoms with E-state index < -0.39 is 0 Å². The number of benzene rings is 2. The molecule has 0 radical (unpaired) electrons. The molecule has 0 aromatic heterocycles. The summed E-state index contributed by atoms with van der Waals surface area (Å²) in [5.74, 6) is 1.44. The fourth-order valence-electron chi connectivity index (χ4n) is 2.81. The van der Waals surface area contributed by atoms with Gasteiger partial charge in [0.05, 0.1) is 0 Å². The molecule has 0 saturated heterocycles. The molecule has 2 aromatic rings. The van der Waals surface area contributed by atoms with Gasteiger partial charge in [-0.25, -0.2) is 0 Å². The molecule has 1 aliphatic rings. The molecule has 0 fully saturated rings. The highest BCUT2D eigenvalue weighted by Gasteiger charge is 2.16. The van der Waals surface area contributed by atoms with E-state index in [4.69, 9.17) is 0 Å². The topological polar surface area (TPSA) is 23.5 Å². The maximum Gasteiger partial charge on any atom is 0.123 e. The number of thioether (sulfide) groups is 1. The lowest BCUT2D eigenvalue weighted by Gasteiger charge is -2.15. The van der Waals surface area contributed by atoms with Crippen LogP contribution in [-0.2, 0) is 6.54 Å².